The Kier molecular flexibility index (Phi) is 2.19. The lowest BCUT2D eigenvalue weighted by Gasteiger charge is -2.16. The molecule has 0 radical (unpaired) electrons. The van der Waals surface area contributed by atoms with Crippen LogP contribution in [-0.2, 0) is 0 Å². The van der Waals surface area contributed by atoms with Crippen molar-refractivity contribution in [3.8, 4) is 0 Å². The molecule has 2 N–H and O–H groups in total. The van der Waals surface area contributed by atoms with Gasteiger partial charge in [-0.25, -0.2) is 8.78 Å². The predicted molar refractivity (Wildman–Crippen MR) is 35.3 cm³/mol. The van der Waals surface area contributed by atoms with E-state index in [0.717, 1.165) is 6.42 Å². The molecule has 1 unspecified atom stereocenters. The minimum absolute atomic E-state index is 0.372. The van der Waals surface area contributed by atoms with Crippen molar-refractivity contribution in [3.63, 3.8) is 0 Å². The van der Waals surface area contributed by atoms with E-state index in [2.05, 4.69) is 4.99 Å². The normalized spacial score (nSPS) is 26.7. The van der Waals surface area contributed by atoms with E-state index >= 15 is 0 Å². The van der Waals surface area contributed by atoms with Crippen molar-refractivity contribution in [1.29, 1.82) is 0 Å². The predicted octanol–water partition coefficient (Wildman–Crippen LogP) is 1.16. The van der Waals surface area contributed by atoms with Crippen LogP contribution in [0.3, 0.4) is 0 Å². The van der Waals surface area contributed by atoms with E-state index in [4.69, 9.17) is 5.73 Å². The van der Waals surface area contributed by atoms with Gasteiger partial charge >= 0.3 is 0 Å². The highest BCUT2D eigenvalue weighted by atomic mass is 19.3. The molecule has 10 heavy (non-hydrogen) atoms. The number of nitrogens with two attached hydrogens (primary N) is 1. The van der Waals surface area contributed by atoms with Crippen LogP contribution in [0.15, 0.2) is 4.99 Å². The summed E-state index contributed by atoms with van der Waals surface area (Å²) in [5.41, 5.74) is 5.28. The molecule has 1 heterocycles. The van der Waals surface area contributed by atoms with Gasteiger partial charge in [0.25, 0.3) is 6.43 Å². The zero-order valence-corrected chi connectivity index (χ0v) is 5.56. The number of aliphatic imine (C=N–C) groups is 1. The highest BCUT2D eigenvalue weighted by molar-refractivity contribution is 5.80. The van der Waals surface area contributed by atoms with Crippen LogP contribution in [0.2, 0.25) is 0 Å². The number of hydrogen-bond acceptors (Lipinski definition) is 2. The molecule has 0 amide bonds. The van der Waals surface area contributed by atoms with Gasteiger partial charge < -0.3 is 5.73 Å². The maximum Gasteiger partial charge on any atom is 0.260 e. The largest absolute Gasteiger partial charge is 0.387 e. The molecule has 0 aromatic heterocycles. The van der Waals surface area contributed by atoms with Crippen molar-refractivity contribution in [3.05, 3.63) is 0 Å². The fraction of sp³-hybridized carbons (Fsp3) is 0.833. The third-order valence-corrected chi connectivity index (χ3v) is 1.56. The Balaban J connectivity index is 2.53. The summed E-state index contributed by atoms with van der Waals surface area (Å²) in [6, 6.07) is -0.839. The monoisotopic (exact) mass is 148 g/mol. The van der Waals surface area contributed by atoms with Crippen molar-refractivity contribution in [2.24, 2.45) is 10.7 Å². The summed E-state index contributed by atoms with van der Waals surface area (Å²) < 4.78 is 23.9. The zero-order chi connectivity index (χ0) is 7.56. The molecular weight excluding hydrogens is 138 g/mol. The Morgan fingerprint density at radius 2 is 2.30 bits per heavy atom. The van der Waals surface area contributed by atoms with Gasteiger partial charge in [-0.3, -0.25) is 4.99 Å². The summed E-state index contributed by atoms with van der Waals surface area (Å²) in [5, 5.41) is 0. The number of alkyl halides is 2. The Morgan fingerprint density at radius 1 is 1.60 bits per heavy atom. The van der Waals surface area contributed by atoms with Gasteiger partial charge in [-0.15, -0.1) is 0 Å². The average molecular weight is 148 g/mol. The van der Waals surface area contributed by atoms with Crippen molar-refractivity contribution in [1.82, 2.24) is 0 Å². The summed E-state index contributed by atoms with van der Waals surface area (Å²) in [6.45, 7) is 0. The van der Waals surface area contributed by atoms with E-state index in [1.54, 1.807) is 0 Å². The van der Waals surface area contributed by atoms with E-state index in [1.165, 1.54) is 0 Å². The number of amidine groups is 1. The molecule has 0 aliphatic carbocycles. The van der Waals surface area contributed by atoms with Gasteiger partial charge in [-0.05, 0) is 12.8 Å². The quantitative estimate of drug-likeness (QED) is 0.595. The van der Waals surface area contributed by atoms with E-state index in [9.17, 15) is 8.78 Å². The van der Waals surface area contributed by atoms with E-state index in [0.29, 0.717) is 18.7 Å². The van der Waals surface area contributed by atoms with Gasteiger partial charge in [-0.2, -0.15) is 0 Å². The fourth-order valence-electron chi connectivity index (χ4n) is 1.02. The lowest BCUT2D eigenvalue weighted by atomic mass is 10.1. The standard InChI is InChI=1S/C6H10F2N2/c7-6(8)4-2-1-3-5(9)10-4/h4,6H,1-3H2,(H2,9,10). The third-order valence-electron chi connectivity index (χ3n) is 1.56. The van der Waals surface area contributed by atoms with Crippen molar-refractivity contribution in [2.75, 3.05) is 0 Å². The average Bonchev–Trinajstić information content (AvgIpc) is 1.88. The molecule has 0 aromatic carbocycles. The molecular formula is C6H10F2N2. The van der Waals surface area contributed by atoms with Gasteiger partial charge in [0.2, 0.25) is 0 Å². The maximum absolute atomic E-state index is 11.9. The molecule has 1 atom stereocenters. The van der Waals surface area contributed by atoms with Crippen LogP contribution in [0, 0.1) is 0 Å². The van der Waals surface area contributed by atoms with Crippen LogP contribution in [0.4, 0.5) is 8.78 Å². The highest BCUT2D eigenvalue weighted by Crippen LogP contribution is 2.17. The van der Waals surface area contributed by atoms with E-state index < -0.39 is 12.5 Å². The van der Waals surface area contributed by atoms with Crippen LogP contribution < -0.4 is 5.73 Å². The summed E-state index contributed by atoms with van der Waals surface area (Å²) >= 11 is 0. The molecule has 0 spiro atoms. The van der Waals surface area contributed by atoms with Crippen molar-refractivity contribution >= 4 is 5.84 Å². The molecule has 0 fully saturated rings. The van der Waals surface area contributed by atoms with Crippen LogP contribution >= 0.6 is 0 Å². The Hall–Kier alpha value is -0.670. The highest BCUT2D eigenvalue weighted by Gasteiger charge is 2.21. The Bertz CT molecular complexity index is 145. The van der Waals surface area contributed by atoms with E-state index in [-0.39, 0.29) is 0 Å². The lowest BCUT2D eigenvalue weighted by Crippen LogP contribution is -2.26. The lowest BCUT2D eigenvalue weighted by molar-refractivity contribution is 0.110. The first kappa shape index (κ1) is 7.44. The van der Waals surface area contributed by atoms with Crippen LogP contribution in [0.25, 0.3) is 0 Å². The summed E-state index contributed by atoms with van der Waals surface area (Å²) in [6.07, 6.45) is -0.467. The maximum atomic E-state index is 11.9. The van der Waals surface area contributed by atoms with Gasteiger partial charge in [0, 0.05) is 6.42 Å². The minimum Gasteiger partial charge on any atom is -0.387 e. The first-order valence-electron chi connectivity index (χ1n) is 3.30. The molecule has 0 saturated carbocycles. The molecule has 1 rings (SSSR count). The molecule has 58 valence electrons. The number of rotatable bonds is 1. The fourth-order valence-corrected chi connectivity index (χ4v) is 1.02. The second-order valence-corrected chi connectivity index (χ2v) is 2.41. The van der Waals surface area contributed by atoms with Crippen LogP contribution in [0.1, 0.15) is 19.3 Å². The summed E-state index contributed by atoms with van der Waals surface area (Å²) in [7, 11) is 0. The van der Waals surface area contributed by atoms with Crippen LogP contribution in [0.5, 0.6) is 0 Å². The Morgan fingerprint density at radius 3 is 2.70 bits per heavy atom. The summed E-state index contributed by atoms with van der Waals surface area (Å²) in [4.78, 5) is 3.63. The van der Waals surface area contributed by atoms with Gasteiger partial charge in [0.05, 0.1) is 5.84 Å². The first-order valence-corrected chi connectivity index (χ1v) is 3.30. The van der Waals surface area contributed by atoms with Gasteiger partial charge in [0.1, 0.15) is 6.04 Å². The third kappa shape index (κ3) is 1.65. The molecule has 0 bridgehead atoms. The SMILES string of the molecule is NC1=NC(C(F)F)CCC1. The van der Waals surface area contributed by atoms with Crippen molar-refractivity contribution in [2.45, 2.75) is 31.7 Å². The molecule has 1 aliphatic heterocycles. The number of halogens is 2. The number of nitrogens with zero attached hydrogens (tertiary/aromatic N) is 1. The minimum atomic E-state index is -2.35. The van der Waals surface area contributed by atoms with Gasteiger partial charge in [-0.1, -0.05) is 0 Å². The second kappa shape index (κ2) is 2.94. The smallest absolute Gasteiger partial charge is 0.260 e. The zero-order valence-electron chi connectivity index (χ0n) is 5.56. The molecule has 0 aromatic rings. The molecule has 4 heteroatoms. The molecule has 0 saturated heterocycles. The molecule has 1 aliphatic rings. The van der Waals surface area contributed by atoms with Crippen LogP contribution in [-0.4, -0.2) is 18.3 Å². The second-order valence-electron chi connectivity index (χ2n) is 2.41. The number of hydrogen-bond donors (Lipinski definition) is 1. The summed E-state index contributed by atoms with van der Waals surface area (Å²) in [5.74, 6) is 0.372. The van der Waals surface area contributed by atoms with E-state index in [1.807, 2.05) is 0 Å². The Labute approximate surface area is 58.1 Å². The topological polar surface area (TPSA) is 38.4 Å². The molecule has 2 nitrogen and oxygen atoms in total. The van der Waals surface area contributed by atoms with Gasteiger partial charge in [0.15, 0.2) is 0 Å². The first-order chi connectivity index (χ1) is 4.70. The van der Waals surface area contributed by atoms with Crippen molar-refractivity contribution < 1.29 is 8.78 Å².